The molecule has 0 bridgehead atoms. The fourth-order valence-electron chi connectivity index (χ4n) is 2.03. The van der Waals surface area contributed by atoms with E-state index in [-0.39, 0.29) is 23.1 Å². The molecule has 0 radical (unpaired) electrons. The van der Waals surface area contributed by atoms with Crippen LogP contribution in [-0.2, 0) is 22.3 Å². The number of hydrogen-bond donors (Lipinski definition) is 1. The maximum Gasteiger partial charge on any atom is 0.416 e. The molecular formula is C13H12F3NO3. The Labute approximate surface area is 112 Å². The number of ether oxygens (including phenoxy) is 2. The monoisotopic (exact) mass is 287 g/mol. The van der Waals surface area contributed by atoms with E-state index in [1.807, 2.05) is 0 Å². The Morgan fingerprint density at radius 3 is 2.55 bits per heavy atom. The highest BCUT2D eigenvalue weighted by atomic mass is 19.4. The third-order valence-corrected chi connectivity index (χ3v) is 2.92. The molecule has 0 amide bonds. The zero-order valence-corrected chi connectivity index (χ0v) is 10.8. The van der Waals surface area contributed by atoms with Crippen LogP contribution in [-0.4, -0.2) is 25.2 Å². The van der Waals surface area contributed by atoms with Crippen molar-refractivity contribution in [1.82, 2.24) is 4.98 Å². The minimum atomic E-state index is -4.52. The molecule has 108 valence electrons. The Balaban J connectivity index is 2.68. The van der Waals surface area contributed by atoms with Gasteiger partial charge in [0.1, 0.15) is 0 Å². The van der Waals surface area contributed by atoms with Gasteiger partial charge in [-0.3, -0.25) is 0 Å². The SMILES string of the molecule is COCc1cc2[nH]cc(C(=O)OC)c2cc1C(F)(F)F. The molecule has 2 aromatic rings. The van der Waals surface area contributed by atoms with E-state index in [4.69, 9.17) is 4.74 Å². The lowest BCUT2D eigenvalue weighted by Crippen LogP contribution is -2.10. The maximum absolute atomic E-state index is 13.0. The van der Waals surface area contributed by atoms with E-state index in [0.717, 1.165) is 6.07 Å². The molecule has 7 heteroatoms. The number of halogens is 3. The molecule has 4 nitrogen and oxygen atoms in total. The molecule has 0 fully saturated rings. The van der Waals surface area contributed by atoms with Crippen molar-refractivity contribution < 1.29 is 27.4 Å². The highest BCUT2D eigenvalue weighted by Gasteiger charge is 2.34. The largest absolute Gasteiger partial charge is 0.465 e. The van der Waals surface area contributed by atoms with Gasteiger partial charge >= 0.3 is 12.1 Å². The maximum atomic E-state index is 13.0. The fraction of sp³-hybridized carbons (Fsp3) is 0.308. The predicted molar refractivity (Wildman–Crippen MR) is 65.4 cm³/mol. The molecule has 0 aliphatic carbocycles. The summed E-state index contributed by atoms with van der Waals surface area (Å²) in [6.45, 7) is -0.169. The zero-order chi connectivity index (χ0) is 14.9. The smallest absolute Gasteiger partial charge is 0.416 e. The number of fused-ring (bicyclic) bond motifs is 1. The van der Waals surface area contributed by atoms with Gasteiger partial charge in [-0.25, -0.2) is 4.79 Å². The molecule has 0 saturated heterocycles. The van der Waals surface area contributed by atoms with Crippen LogP contribution in [0.25, 0.3) is 10.9 Å². The van der Waals surface area contributed by atoms with Crippen molar-refractivity contribution in [3.8, 4) is 0 Å². The number of alkyl halides is 3. The number of rotatable bonds is 3. The molecule has 20 heavy (non-hydrogen) atoms. The van der Waals surface area contributed by atoms with Gasteiger partial charge in [-0.1, -0.05) is 0 Å². The lowest BCUT2D eigenvalue weighted by atomic mass is 10.0. The molecule has 0 saturated carbocycles. The normalized spacial score (nSPS) is 11.8. The van der Waals surface area contributed by atoms with Crippen LogP contribution in [0.3, 0.4) is 0 Å². The molecule has 0 aliphatic rings. The molecule has 1 heterocycles. The van der Waals surface area contributed by atoms with Gasteiger partial charge in [0.2, 0.25) is 0 Å². The van der Waals surface area contributed by atoms with Crippen LogP contribution >= 0.6 is 0 Å². The number of nitrogens with one attached hydrogen (secondary N) is 1. The Bertz CT molecular complexity index is 646. The van der Waals surface area contributed by atoms with Gasteiger partial charge in [-0.05, 0) is 17.7 Å². The molecular weight excluding hydrogens is 275 g/mol. The number of carbonyl (C=O) groups is 1. The quantitative estimate of drug-likeness (QED) is 0.882. The summed E-state index contributed by atoms with van der Waals surface area (Å²) in [4.78, 5) is 14.3. The second kappa shape index (κ2) is 5.16. The number of benzene rings is 1. The number of methoxy groups -OCH3 is 2. The predicted octanol–water partition coefficient (Wildman–Crippen LogP) is 3.12. The Morgan fingerprint density at radius 2 is 2.00 bits per heavy atom. The average Bonchev–Trinajstić information content (AvgIpc) is 2.79. The van der Waals surface area contributed by atoms with Crippen LogP contribution in [0.1, 0.15) is 21.5 Å². The minimum Gasteiger partial charge on any atom is -0.465 e. The molecule has 1 N–H and O–H groups in total. The Kier molecular flexibility index (Phi) is 3.71. The van der Waals surface area contributed by atoms with E-state index in [0.29, 0.717) is 5.52 Å². The van der Waals surface area contributed by atoms with Gasteiger partial charge in [-0.15, -0.1) is 0 Å². The molecule has 1 aromatic heterocycles. The standard InChI is InChI=1S/C13H12F3NO3/c1-19-6-7-3-11-8(4-10(7)13(14,15)16)9(5-17-11)12(18)20-2/h3-5,17H,6H2,1-2H3. The summed E-state index contributed by atoms with van der Waals surface area (Å²) < 4.78 is 48.4. The highest BCUT2D eigenvalue weighted by Crippen LogP contribution is 2.35. The first kappa shape index (κ1) is 14.4. The topological polar surface area (TPSA) is 51.3 Å². The first-order valence-electron chi connectivity index (χ1n) is 5.67. The van der Waals surface area contributed by atoms with Crippen molar-refractivity contribution in [2.75, 3.05) is 14.2 Å². The van der Waals surface area contributed by atoms with Crippen LogP contribution in [0.4, 0.5) is 13.2 Å². The molecule has 2 rings (SSSR count). The van der Waals surface area contributed by atoms with Gasteiger partial charge in [0.05, 0.1) is 24.8 Å². The van der Waals surface area contributed by atoms with E-state index in [1.165, 1.54) is 26.5 Å². The molecule has 0 aliphatic heterocycles. The second-order valence-electron chi connectivity index (χ2n) is 4.18. The van der Waals surface area contributed by atoms with Crippen molar-refractivity contribution >= 4 is 16.9 Å². The third kappa shape index (κ3) is 2.49. The Morgan fingerprint density at radius 1 is 1.30 bits per heavy atom. The summed E-state index contributed by atoms with van der Waals surface area (Å²) >= 11 is 0. The fourth-order valence-corrected chi connectivity index (χ4v) is 2.03. The second-order valence-corrected chi connectivity index (χ2v) is 4.18. The van der Waals surface area contributed by atoms with Crippen LogP contribution < -0.4 is 0 Å². The summed E-state index contributed by atoms with van der Waals surface area (Å²) in [5, 5.41) is 0.170. The first-order chi connectivity index (χ1) is 9.38. The summed E-state index contributed by atoms with van der Waals surface area (Å²) in [6.07, 6.45) is -3.19. The van der Waals surface area contributed by atoms with Crippen molar-refractivity contribution in [3.05, 3.63) is 35.0 Å². The Hall–Kier alpha value is -2.02. The van der Waals surface area contributed by atoms with Gasteiger partial charge < -0.3 is 14.5 Å². The zero-order valence-electron chi connectivity index (χ0n) is 10.8. The van der Waals surface area contributed by atoms with Crippen molar-refractivity contribution in [1.29, 1.82) is 0 Å². The van der Waals surface area contributed by atoms with Gasteiger partial charge in [-0.2, -0.15) is 13.2 Å². The number of aromatic amines is 1. The number of aromatic nitrogens is 1. The van der Waals surface area contributed by atoms with Crippen LogP contribution in [0.15, 0.2) is 18.3 Å². The lowest BCUT2D eigenvalue weighted by molar-refractivity contribution is -0.138. The van der Waals surface area contributed by atoms with Gasteiger partial charge in [0.25, 0.3) is 0 Å². The average molecular weight is 287 g/mol. The van der Waals surface area contributed by atoms with Crippen LogP contribution in [0, 0.1) is 0 Å². The van der Waals surface area contributed by atoms with E-state index in [9.17, 15) is 18.0 Å². The van der Waals surface area contributed by atoms with Crippen LogP contribution in [0.2, 0.25) is 0 Å². The van der Waals surface area contributed by atoms with Crippen molar-refractivity contribution in [3.63, 3.8) is 0 Å². The molecule has 1 aromatic carbocycles. The van der Waals surface area contributed by atoms with Crippen LogP contribution in [0.5, 0.6) is 0 Å². The van der Waals surface area contributed by atoms with E-state index < -0.39 is 17.7 Å². The molecule has 0 spiro atoms. The molecule has 0 unspecified atom stereocenters. The first-order valence-corrected chi connectivity index (χ1v) is 5.67. The number of carbonyl (C=O) groups excluding carboxylic acids is 1. The summed E-state index contributed by atoms with van der Waals surface area (Å²) in [5.74, 6) is -0.691. The third-order valence-electron chi connectivity index (χ3n) is 2.92. The lowest BCUT2D eigenvalue weighted by Gasteiger charge is -2.13. The molecule has 0 atom stereocenters. The van der Waals surface area contributed by atoms with Crippen molar-refractivity contribution in [2.45, 2.75) is 12.8 Å². The minimum absolute atomic E-state index is 0.00534. The van der Waals surface area contributed by atoms with E-state index >= 15 is 0 Å². The summed E-state index contributed by atoms with van der Waals surface area (Å²) in [7, 11) is 2.49. The number of hydrogen-bond acceptors (Lipinski definition) is 3. The van der Waals surface area contributed by atoms with E-state index in [1.54, 1.807) is 0 Å². The van der Waals surface area contributed by atoms with Gasteiger partial charge in [0.15, 0.2) is 0 Å². The van der Waals surface area contributed by atoms with Gasteiger partial charge in [0, 0.05) is 24.2 Å². The van der Waals surface area contributed by atoms with Crippen molar-refractivity contribution in [2.24, 2.45) is 0 Å². The van der Waals surface area contributed by atoms with E-state index in [2.05, 4.69) is 9.72 Å². The number of H-pyrrole nitrogens is 1. The highest BCUT2D eigenvalue weighted by molar-refractivity contribution is 6.04. The summed E-state index contributed by atoms with van der Waals surface area (Å²) in [5.41, 5.74) is -0.329. The summed E-state index contributed by atoms with van der Waals surface area (Å²) in [6, 6.07) is 2.26. The number of esters is 1.